The molecular formula is C15H22ClFN2O. The van der Waals surface area contributed by atoms with Gasteiger partial charge in [0.05, 0.1) is 0 Å². The van der Waals surface area contributed by atoms with E-state index in [1.165, 1.54) is 25.0 Å². The molecule has 2 N–H and O–H groups in total. The number of halogens is 2. The van der Waals surface area contributed by atoms with Crippen LogP contribution in [0.15, 0.2) is 24.3 Å². The maximum absolute atomic E-state index is 12.9. The van der Waals surface area contributed by atoms with E-state index in [-0.39, 0.29) is 30.0 Å². The van der Waals surface area contributed by atoms with Gasteiger partial charge in [-0.1, -0.05) is 19.1 Å². The first-order valence-electron chi connectivity index (χ1n) is 6.83. The van der Waals surface area contributed by atoms with E-state index >= 15 is 0 Å². The quantitative estimate of drug-likeness (QED) is 0.878. The van der Waals surface area contributed by atoms with Crippen LogP contribution in [0.4, 0.5) is 4.39 Å². The van der Waals surface area contributed by atoms with Crippen LogP contribution in [-0.4, -0.2) is 23.9 Å². The van der Waals surface area contributed by atoms with Crippen molar-refractivity contribution in [3.63, 3.8) is 0 Å². The Morgan fingerprint density at radius 3 is 2.50 bits per heavy atom. The molecule has 5 heteroatoms. The molecule has 1 saturated carbocycles. The van der Waals surface area contributed by atoms with E-state index in [0.29, 0.717) is 19.0 Å². The normalized spacial score (nSPS) is 15.3. The highest BCUT2D eigenvalue weighted by Crippen LogP contribution is 2.30. The second-order valence-electron chi connectivity index (χ2n) is 5.43. The van der Waals surface area contributed by atoms with Crippen LogP contribution in [0.3, 0.4) is 0 Å². The highest BCUT2D eigenvalue weighted by atomic mass is 35.5. The molecule has 0 aliphatic heterocycles. The Hall–Kier alpha value is -1.13. The molecule has 1 aromatic rings. The Morgan fingerprint density at radius 2 is 2.00 bits per heavy atom. The number of hydrogen-bond donors (Lipinski definition) is 1. The van der Waals surface area contributed by atoms with E-state index in [9.17, 15) is 9.18 Å². The van der Waals surface area contributed by atoms with Gasteiger partial charge in [-0.2, -0.15) is 0 Å². The number of benzene rings is 1. The topological polar surface area (TPSA) is 46.3 Å². The Bertz CT molecular complexity index is 434. The number of carbonyl (C=O) groups excluding carboxylic acids is 1. The van der Waals surface area contributed by atoms with Gasteiger partial charge in [0, 0.05) is 25.6 Å². The van der Waals surface area contributed by atoms with E-state index in [0.717, 1.165) is 12.1 Å². The van der Waals surface area contributed by atoms with Gasteiger partial charge in [0.25, 0.3) is 0 Å². The van der Waals surface area contributed by atoms with E-state index < -0.39 is 0 Å². The van der Waals surface area contributed by atoms with Crippen LogP contribution < -0.4 is 5.73 Å². The molecule has 1 amide bonds. The van der Waals surface area contributed by atoms with Crippen LogP contribution in [-0.2, 0) is 11.3 Å². The summed E-state index contributed by atoms with van der Waals surface area (Å²) in [5, 5.41) is 0. The Morgan fingerprint density at radius 1 is 1.40 bits per heavy atom. The Balaban J connectivity index is 0.00000200. The molecule has 0 bridgehead atoms. The lowest BCUT2D eigenvalue weighted by Gasteiger charge is -2.25. The van der Waals surface area contributed by atoms with Crippen molar-refractivity contribution < 1.29 is 9.18 Å². The van der Waals surface area contributed by atoms with Crippen molar-refractivity contribution in [2.45, 2.75) is 26.3 Å². The van der Waals surface area contributed by atoms with Gasteiger partial charge >= 0.3 is 0 Å². The number of nitrogens with two attached hydrogens (primary N) is 1. The Kier molecular flexibility index (Phi) is 6.43. The molecule has 0 radical (unpaired) electrons. The SMILES string of the molecule is CC(CN)C(=O)N(Cc1ccc(F)cc1)CC1CC1.Cl. The van der Waals surface area contributed by atoms with Gasteiger partial charge in [0.2, 0.25) is 5.91 Å². The molecule has 1 aromatic carbocycles. The van der Waals surface area contributed by atoms with Gasteiger partial charge in [0.1, 0.15) is 5.82 Å². The average molecular weight is 301 g/mol. The van der Waals surface area contributed by atoms with Crippen molar-refractivity contribution in [1.82, 2.24) is 4.90 Å². The van der Waals surface area contributed by atoms with Crippen molar-refractivity contribution >= 4 is 18.3 Å². The third-order valence-electron chi connectivity index (χ3n) is 3.55. The second kappa shape index (κ2) is 7.60. The fourth-order valence-corrected chi connectivity index (χ4v) is 2.07. The zero-order valence-corrected chi connectivity index (χ0v) is 12.5. The summed E-state index contributed by atoms with van der Waals surface area (Å²) in [5.74, 6) is 0.325. The van der Waals surface area contributed by atoms with Crippen LogP contribution in [0.5, 0.6) is 0 Å². The largest absolute Gasteiger partial charge is 0.338 e. The summed E-state index contributed by atoms with van der Waals surface area (Å²) in [5.41, 5.74) is 6.53. The number of amides is 1. The molecule has 112 valence electrons. The molecule has 2 rings (SSSR count). The molecule has 0 aromatic heterocycles. The minimum absolute atomic E-state index is 0. The lowest BCUT2D eigenvalue weighted by atomic mass is 10.1. The van der Waals surface area contributed by atoms with Crippen molar-refractivity contribution in [3.05, 3.63) is 35.6 Å². The van der Waals surface area contributed by atoms with E-state index in [1.54, 1.807) is 12.1 Å². The van der Waals surface area contributed by atoms with Crippen molar-refractivity contribution in [2.75, 3.05) is 13.1 Å². The molecular weight excluding hydrogens is 279 g/mol. The van der Waals surface area contributed by atoms with Gasteiger partial charge in [-0.25, -0.2) is 4.39 Å². The summed E-state index contributed by atoms with van der Waals surface area (Å²) in [6.45, 7) is 3.55. The summed E-state index contributed by atoms with van der Waals surface area (Å²) in [6, 6.07) is 6.33. The fourth-order valence-electron chi connectivity index (χ4n) is 2.07. The number of hydrogen-bond acceptors (Lipinski definition) is 2. The third kappa shape index (κ3) is 4.76. The summed E-state index contributed by atoms with van der Waals surface area (Å²) in [7, 11) is 0. The van der Waals surface area contributed by atoms with Crippen molar-refractivity contribution in [3.8, 4) is 0 Å². The first kappa shape index (κ1) is 16.9. The maximum atomic E-state index is 12.9. The average Bonchev–Trinajstić information content (AvgIpc) is 3.22. The Labute approximate surface area is 125 Å². The smallest absolute Gasteiger partial charge is 0.226 e. The molecule has 1 unspecified atom stereocenters. The van der Waals surface area contributed by atoms with Crippen LogP contribution in [0.2, 0.25) is 0 Å². The summed E-state index contributed by atoms with van der Waals surface area (Å²) in [4.78, 5) is 14.1. The molecule has 3 nitrogen and oxygen atoms in total. The van der Waals surface area contributed by atoms with Crippen LogP contribution in [0, 0.1) is 17.7 Å². The second-order valence-corrected chi connectivity index (χ2v) is 5.43. The predicted octanol–water partition coefficient (Wildman–Crippen LogP) is 2.58. The van der Waals surface area contributed by atoms with Gasteiger partial charge in [-0.05, 0) is 36.5 Å². The molecule has 1 aliphatic carbocycles. The van der Waals surface area contributed by atoms with E-state index in [4.69, 9.17) is 5.73 Å². The molecule has 0 saturated heterocycles. The molecule has 0 spiro atoms. The van der Waals surface area contributed by atoms with E-state index in [1.807, 2.05) is 11.8 Å². The van der Waals surface area contributed by atoms with Gasteiger partial charge in [-0.3, -0.25) is 4.79 Å². The lowest BCUT2D eigenvalue weighted by Crippen LogP contribution is -2.38. The zero-order valence-electron chi connectivity index (χ0n) is 11.7. The number of carbonyl (C=O) groups is 1. The fraction of sp³-hybridized carbons (Fsp3) is 0.533. The summed E-state index contributed by atoms with van der Waals surface area (Å²) < 4.78 is 12.9. The van der Waals surface area contributed by atoms with Crippen LogP contribution in [0.1, 0.15) is 25.3 Å². The summed E-state index contributed by atoms with van der Waals surface area (Å²) in [6.07, 6.45) is 2.40. The van der Waals surface area contributed by atoms with E-state index in [2.05, 4.69) is 0 Å². The highest BCUT2D eigenvalue weighted by molar-refractivity contribution is 5.85. The zero-order chi connectivity index (χ0) is 13.8. The lowest BCUT2D eigenvalue weighted by molar-refractivity contribution is -0.135. The molecule has 1 aliphatic rings. The van der Waals surface area contributed by atoms with Crippen LogP contribution in [0.25, 0.3) is 0 Å². The minimum atomic E-state index is -0.251. The minimum Gasteiger partial charge on any atom is -0.338 e. The number of nitrogens with zero attached hydrogens (tertiary/aromatic N) is 1. The first-order chi connectivity index (χ1) is 9.10. The molecule has 20 heavy (non-hydrogen) atoms. The summed E-state index contributed by atoms with van der Waals surface area (Å²) >= 11 is 0. The van der Waals surface area contributed by atoms with Crippen molar-refractivity contribution in [2.24, 2.45) is 17.6 Å². The molecule has 1 atom stereocenters. The highest BCUT2D eigenvalue weighted by Gasteiger charge is 2.28. The third-order valence-corrected chi connectivity index (χ3v) is 3.55. The van der Waals surface area contributed by atoms with Gasteiger partial charge in [-0.15, -0.1) is 12.4 Å². The van der Waals surface area contributed by atoms with Crippen molar-refractivity contribution in [1.29, 1.82) is 0 Å². The van der Waals surface area contributed by atoms with Gasteiger partial charge in [0.15, 0.2) is 0 Å². The maximum Gasteiger partial charge on any atom is 0.226 e. The molecule has 0 heterocycles. The molecule has 1 fully saturated rings. The monoisotopic (exact) mass is 300 g/mol. The standard InChI is InChI=1S/C15H21FN2O.ClH/c1-11(8-17)15(19)18(9-12-2-3-12)10-13-4-6-14(16)7-5-13;/h4-7,11-12H,2-3,8-10,17H2,1H3;1H. The van der Waals surface area contributed by atoms with Gasteiger partial charge < -0.3 is 10.6 Å². The number of rotatable bonds is 6. The first-order valence-corrected chi connectivity index (χ1v) is 6.83. The predicted molar refractivity (Wildman–Crippen MR) is 80.0 cm³/mol. The van der Waals surface area contributed by atoms with Crippen LogP contribution >= 0.6 is 12.4 Å².